The van der Waals surface area contributed by atoms with Crippen molar-refractivity contribution in [2.45, 2.75) is 10.8 Å². The van der Waals surface area contributed by atoms with Crippen LogP contribution in [0.15, 0.2) is 28.7 Å². The molecule has 0 fully saturated rings. The third kappa shape index (κ3) is 3.54. The Bertz CT molecular complexity index is 757. The largest absolute Gasteiger partial charge is 0.382 e. The van der Waals surface area contributed by atoms with Crippen LogP contribution in [0, 0.1) is 0 Å². The van der Waals surface area contributed by atoms with Crippen molar-refractivity contribution in [3.05, 3.63) is 35.1 Å². The summed E-state index contributed by atoms with van der Waals surface area (Å²) in [6.07, 6.45) is 2.76. The van der Waals surface area contributed by atoms with E-state index < -0.39 is 15.9 Å². The minimum atomic E-state index is -3.46. The van der Waals surface area contributed by atoms with E-state index in [1.165, 1.54) is 25.5 Å². The van der Waals surface area contributed by atoms with Crippen molar-refractivity contribution in [2.75, 3.05) is 12.8 Å². The first-order valence-electron chi connectivity index (χ1n) is 5.81. The highest BCUT2D eigenvalue weighted by Crippen LogP contribution is 2.21. The van der Waals surface area contributed by atoms with Gasteiger partial charge < -0.3 is 11.1 Å². The molecular formula is C11H13N5O3S2. The van der Waals surface area contributed by atoms with E-state index in [-0.39, 0.29) is 22.3 Å². The van der Waals surface area contributed by atoms with E-state index >= 15 is 0 Å². The normalized spacial score (nSPS) is 11.3. The molecule has 21 heavy (non-hydrogen) atoms. The zero-order chi connectivity index (χ0) is 15.5. The van der Waals surface area contributed by atoms with Crippen LogP contribution in [0.1, 0.15) is 15.4 Å². The number of aromatic nitrogens is 2. The molecule has 2 aromatic rings. The zero-order valence-electron chi connectivity index (χ0n) is 11.0. The van der Waals surface area contributed by atoms with E-state index in [1.54, 1.807) is 6.07 Å². The molecule has 2 rings (SSSR count). The number of carbonyl (C=O) groups is 1. The fourth-order valence-corrected chi connectivity index (χ4v) is 3.61. The Kier molecular flexibility index (Phi) is 4.50. The Hall–Kier alpha value is -2.04. The number of hydrogen-bond donors (Lipinski definition) is 3. The van der Waals surface area contributed by atoms with Gasteiger partial charge in [-0.15, -0.1) is 11.3 Å². The van der Waals surface area contributed by atoms with Gasteiger partial charge in [0, 0.05) is 17.3 Å². The van der Waals surface area contributed by atoms with Crippen LogP contribution in [0.4, 0.5) is 5.82 Å². The van der Waals surface area contributed by atoms with Crippen LogP contribution in [0.25, 0.3) is 0 Å². The third-order valence-electron chi connectivity index (χ3n) is 2.54. The molecule has 0 spiro atoms. The fourth-order valence-electron chi connectivity index (χ4n) is 1.47. The van der Waals surface area contributed by atoms with Gasteiger partial charge in [-0.2, -0.15) is 0 Å². The van der Waals surface area contributed by atoms with E-state index in [0.29, 0.717) is 4.88 Å². The van der Waals surface area contributed by atoms with Crippen LogP contribution < -0.4 is 15.8 Å². The zero-order valence-corrected chi connectivity index (χ0v) is 12.7. The van der Waals surface area contributed by atoms with Gasteiger partial charge in [-0.25, -0.2) is 23.1 Å². The molecule has 0 saturated carbocycles. The first-order chi connectivity index (χ1) is 9.94. The standard InChI is InChI=1S/C11H13N5O3S2/c1-13-21(18,19)8-3-2-7(20-8)6-16-11(17)9-10(12)15-5-4-14-9/h2-5,13H,6H2,1H3,(H2,12,15)(H,16,17). The van der Waals surface area contributed by atoms with Gasteiger partial charge in [-0.05, 0) is 19.2 Å². The maximum Gasteiger partial charge on any atom is 0.274 e. The number of rotatable bonds is 5. The van der Waals surface area contributed by atoms with Crippen molar-refractivity contribution in [3.8, 4) is 0 Å². The number of nitrogens with one attached hydrogen (secondary N) is 2. The van der Waals surface area contributed by atoms with Crippen molar-refractivity contribution in [2.24, 2.45) is 0 Å². The van der Waals surface area contributed by atoms with E-state index in [0.717, 1.165) is 11.3 Å². The quantitative estimate of drug-likeness (QED) is 0.707. The van der Waals surface area contributed by atoms with Gasteiger partial charge in [0.2, 0.25) is 10.0 Å². The maximum absolute atomic E-state index is 11.9. The van der Waals surface area contributed by atoms with Crippen LogP contribution in [0.2, 0.25) is 0 Å². The summed E-state index contributed by atoms with van der Waals surface area (Å²) in [4.78, 5) is 20.2. The van der Waals surface area contributed by atoms with Gasteiger partial charge >= 0.3 is 0 Å². The van der Waals surface area contributed by atoms with E-state index in [1.807, 2.05) is 0 Å². The molecule has 0 aliphatic rings. The van der Waals surface area contributed by atoms with Gasteiger partial charge in [0.25, 0.3) is 5.91 Å². The molecule has 1 amide bonds. The Labute approximate surface area is 125 Å². The van der Waals surface area contributed by atoms with Crippen LogP contribution in [0.5, 0.6) is 0 Å². The molecule has 0 bridgehead atoms. The number of thiophene rings is 1. The molecule has 10 heteroatoms. The highest BCUT2D eigenvalue weighted by Gasteiger charge is 2.15. The second-order valence-electron chi connectivity index (χ2n) is 3.90. The van der Waals surface area contributed by atoms with Crippen molar-refractivity contribution in [1.29, 1.82) is 0 Å². The molecule has 2 heterocycles. The molecule has 0 atom stereocenters. The number of nitrogens with two attached hydrogens (primary N) is 1. The predicted octanol–water partition coefficient (Wildman–Crippen LogP) is -0.0416. The Morgan fingerprint density at radius 3 is 2.71 bits per heavy atom. The van der Waals surface area contributed by atoms with E-state index in [4.69, 9.17) is 5.73 Å². The van der Waals surface area contributed by atoms with E-state index in [2.05, 4.69) is 20.0 Å². The lowest BCUT2D eigenvalue weighted by molar-refractivity contribution is 0.0947. The molecule has 4 N–H and O–H groups in total. The number of amides is 1. The number of anilines is 1. The summed E-state index contributed by atoms with van der Waals surface area (Å²) in [6.45, 7) is 0.179. The molecule has 0 aliphatic heterocycles. The fraction of sp³-hybridized carbons (Fsp3) is 0.182. The first kappa shape index (κ1) is 15.4. The summed E-state index contributed by atoms with van der Waals surface area (Å²) in [5.74, 6) is -0.424. The topological polar surface area (TPSA) is 127 Å². The average molecular weight is 327 g/mol. The monoisotopic (exact) mass is 327 g/mol. The van der Waals surface area contributed by atoms with Gasteiger partial charge in [0.1, 0.15) is 4.21 Å². The maximum atomic E-state index is 11.9. The molecule has 0 radical (unpaired) electrons. The molecule has 8 nitrogen and oxygen atoms in total. The van der Waals surface area contributed by atoms with Gasteiger partial charge in [0.05, 0.1) is 6.54 Å². The summed E-state index contributed by atoms with van der Waals surface area (Å²) < 4.78 is 25.6. The minimum Gasteiger partial charge on any atom is -0.382 e. The molecule has 112 valence electrons. The number of sulfonamides is 1. The van der Waals surface area contributed by atoms with Crippen LogP contribution in [-0.2, 0) is 16.6 Å². The molecular weight excluding hydrogens is 314 g/mol. The molecule has 0 aromatic carbocycles. The summed E-state index contributed by atoms with van der Waals surface area (Å²) in [6, 6.07) is 3.11. The average Bonchev–Trinajstić information content (AvgIpc) is 2.95. The van der Waals surface area contributed by atoms with E-state index in [9.17, 15) is 13.2 Å². The lowest BCUT2D eigenvalue weighted by Crippen LogP contribution is -2.24. The lowest BCUT2D eigenvalue weighted by atomic mass is 10.3. The number of nitrogens with zero attached hydrogens (tertiary/aromatic N) is 2. The predicted molar refractivity (Wildman–Crippen MR) is 78.2 cm³/mol. The van der Waals surface area contributed by atoms with Crippen molar-refractivity contribution in [1.82, 2.24) is 20.0 Å². The number of hydrogen-bond acceptors (Lipinski definition) is 7. The highest BCUT2D eigenvalue weighted by molar-refractivity contribution is 7.91. The van der Waals surface area contributed by atoms with Crippen LogP contribution in [0.3, 0.4) is 0 Å². The first-order valence-corrected chi connectivity index (χ1v) is 8.11. The number of carbonyl (C=O) groups excluding carboxylic acids is 1. The van der Waals surface area contributed by atoms with Gasteiger partial charge in [-0.3, -0.25) is 4.79 Å². The van der Waals surface area contributed by atoms with Gasteiger partial charge in [0.15, 0.2) is 11.5 Å². The van der Waals surface area contributed by atoms with Crippen molar-refractivity contribution < 1.29 is 13.2 Å². The summed E-state index contributed by atoms with van der Waals surface area (Å²) >= 11 is 1.07. The molecule has 0 aliphatic carbocycles. The molecule has 2 aromatic heterocycles. The Morgan fingerprint density at radius 1 is 1.33 bits per heavy atom. The second-order valence-corrected chi connectivity index (χ2v) is 7.18. The second kappa shape index (κ2) is 6.16. The van der Waals surface area contributed by atoms with Gasteiger partial charge in [-0.1, -0.05) is 0 Å². The SMILES string of the molecule is CNS(=O)(=O)c1ccc(CNC(=O)c2nccnc2N)s1. The van der Waals surface area contributed by atoms with Crippen LogP contribution >= 0.6 is 11.3 Å². The smallest absolute Gasteiger partial charge is 0.274 e. The summed E-state index contributed by atoms with van der Waals surface area (Å²) in [7, 11) is -2.12. The Balaban J connectivity index is 2.04. The molecule has 0 unspecified atom stereocenters. The number of nitrogen functional groups attached to an aromatic ring is 1. The molecule has 0 saturated heterocycles. The van der Waals surface area contributed by atoms with Crippen LogP contribution in [-0.4, -0.2) is 31.3 Å². The van der Waals surface area contributed by atoms with Crippen molar-refractivity contribution >= 4 is 33.1 Å². The summed E-state index contributed by atoms with van der Waals surface area (Å²) in [5, 5.41) is 2.61. The third-order valence-corrected chi connectivity index (χ3v) is 5.53. The Morgan fingerprint density at radius 2 is 2.05 bits per heavy atom. The summed E-state index contributed by atoms with van der Waals surface area (Å²) in [5.41, 5.74) is 5.59. The highest BCUT2D eigenvalue weighted by atomic mass is 32.2. The van der Waals surface area contributed by atoms with Crippen molar-refractivity contribution in [3.63, 3.8) is 0 Å². The minimum absolute atomic E-state index is 0.0390. The lowest BCUT2D eigenvalue weighted by Gasteiger charge is -2.04.